The van der Waals surface area contributed by atoms with Crippen molar-refractivity contribution in [1.29, 1.82) is 0 Å². The summed E-state index contributed by atoms with van der Waals surface area (Å²) in [7, 11) is 0. The van der Waals surface area contributed by atoms with Crippen LogP contribution in [0, 0.1) is 0 Å². The molecule has 0 saturated heterocycles. The molecule has 5 N–H and O–H groups in total. The van der Waals surface area contributed by atoms with Gasteiger partial charge in [-0.05, 0) is 95.8 Å². The van der Waals surface area contributed by atoms with Crippen molar-refractivity contribution in [3.63, 3.8) is 0 Å². The number of nitrogens with zero attached hydrogens (tertiary/aromatic N) is 2. The number of unbranched alkanes of at least 4 members (excludes halogenated alkanes) is 18. The Balaban J connectivity index is 0.000000314. The summed E-state index contributed by atoms with van der Waals surface area (Å²) in [6.45, 7) is 6.26. The summed E-state index contributed by atoms with van der Waals surface area (Å²) >= 11 is 0. The van der Waals surface area contributed by atoms with Crippen molar-refractivity contribution < 1.29 is 48.5 Å². The van der Waals surface area contributed by atoms with Crippen molar-refractivity contribution >= 4 is 52.8 Å². The van der Waals surface area contributed by atoms with Crippen molar-refractivity contribution in [2.45, 2.75) is 169 Å². The van der Waals surface area contributed by atoms with Crippen LogP contribution in [0.5, 0.6) is 5.75 Å². The fourth-order valence-electron chi connectivity index (χ4n) is 9.68. The molecule has 458 valence electrons. The van der Waals surface area contributed by atoms with Crippen LogP contribution < -0.4 is 25.6 Å². The molecule has 0 atom stereocenters. The molecule has 0 radical (unpaired) electrons. The third-order valence-electron chi connectivity index (χ3n) is 14.7. The zero-order chi connectivity index (χ0) is 61.6. The molecule has 0 aliphatic heterocycles. The zero-order valence-electron chi connectivity index (χ0n) is 50.5. The van der Waals surface area contributed by atoms with Gasteiger partial charge < -0.3 is 35.8 Å². The first-order valence-corrected chi connectivity index (χ1v) is 30.9. The van der Waals surface area contributed by atoms with Gasteiger partial charge >= 0.3 is 23.8 Å². The lowest BCUT2D eigenvalue weighted by Gasteiger charge is -2.22. The highest BCUT2D eigenvalue weighted by molar-refractivity contribution is 6.37. The van der Waals surface area contributed by atoms with E-state index in [0.717, 1.165) is 31.2 Å². The molecule has 6 rings (SSSR count). The minimum absolute atomic E-state index is 0.0355. The molecule has 0 saturated carbocycles. The molecule has 5 amide bonds. The number of aliphatic carboxylic acids is 2. The van der Waals surface area contributed by atoms with E-state index < -0.39 is 23.8 Å². The van der Waals surface area contributed by atoms with Crippen LogP contribution in [-0.2, 0) is 45.4 Å². The number of nitrogens with one attached hydrogen (secondary N) is 3. The van der Waals surface area contributed by atoms with Gasteiger partial charge in [-0.2, -0.15) is 0 Å². The van der Waals surface area contributed by atoms with E-state index in [0.29, 0.717) is 70.2 Å². The van der Waals surface area contributed by atoms with Crippen LogP contribution in [0.4, 0.5) is 11.4 Å². The van der Waals surface area contributed by atoms with Gasteiger partial charge in [0.1, 0.15) is 12.4 Å². The average Bonchev–Trinajstić information content (AvgIpc) is 3.54. The maximum absolute atomic E-state index is 12.6. The Morgan fingerprint density at radius 3 is 1.26 bits per heavy atom. The van der Waals surface area contributed by atoms with E-state index in [4.69, 9.17) is 4.74 Å². The van der Waals surface area contributed by atoms with E-state index in [2.05, 4.69) is 29.8 Å². The topological polar surface area (TPSA) is 212 Å². The Morgan fingerprint density at radius 1 is 0.395 bits per heavy atom. The number of amides is 5. The van der Waals surface area contributed by atoms with Crippen LogP contribution in [0.2, 0.25) is 0 Å². The Bertz CT molecular complexity index is 2970. The van der Waals surface area contributed by atoms with E-state index in [1.54, 1.807) is 121 Å². The average molecular weight is 1170 g/mol. The van der Waals surface area contributed by atoms with Crippen molar-refractivity contribution in [2.24, 2.45) is 0 Å². The summed E-state index contributed by atoms with van der Waals surface area (Å²) in [6.07, 6.45) is 24.9. The van der Waals surface area contributed by atoms with Crippen LogP contribution in [0.25, 0.3) is 0 Å². The van der Waals surface area contributed by atoms with Crippen LogP contribution in [0.15, 0.2) is 158 Å². The molecule has 0 bridgehead atoms. The molecule has 0 unspecified atom stereocenters. The third kappa shape index (κ3) is 26.1. The van der Waals surface area contributed by atoms with E-state index in [-0.39, 0.29) is 37.4 Å². The van der Waals surface area contributed by atoms with Gasteiger partial charge in [0, 0.05) is 60.3 Å². The number of hydrogen-bond acceptors (Lipinski definition) is 8. The number of carboxylic acid groups (broad SMARTS) is 2. The summed E-state index contributed by atoms with van der Waals surface area (Å²) < 4.78 is 5.87. The number of hydrogen-bond donors (Lipinski definition) is 5. The standard InChI is InChI=1S/C36H45N3O5.C35H44N2O5/c1-2-3-4-5-6-7-8-9-10-14-25-37-33(40)31-21-17-28(18-22-31)26-39(35(42)36(43)44)27-29-19-23-32(24-20-29)38-34(41)30-15-12-11-13-16-30;1-2-3-4-5-6-7-8-9-10-14-24-36-33(38)30-22-20-28(21-23-30)26-37(34(39)35(40)41)31-18-15-19-32(25-31)42-27-29-16-12-11-13-17-29/h11-13,15-24H,2-10,14,25-27H2,1H3,(H,37,40)(H,38,41)(H,43,44);11-13,15-23,25H,2-10,14,24,26-27H2,1H3,(H,36,38)(H,40,41). The Kier molecular flexibility index (Phi) is 31.6. The number of carboxylic acids is 2. The molecular weight excluding hydrogens is 1080 g/mol. The highest BCUT2D eigenvalue weighted by Gasteiger charge is 2.24. The molecule has 15 nitrogen and oxygen atoms in total. The number of ether oxygens (including phenoxy) is 1. The number of benzene rings is 6. The van der Waals surface area contributed by atoms with Crippen LogP contribution in [0.1, 0.15) is 196 Å². The Labute approximate surface area is 508 Å². The van der Waals surface area contributed by atoms with E-state index in [9.17, 15) is 43.8 Å². The first kappa shape index (κ1) is 68.2. The van der Waals surface area contributed by atoms with Crippen molar-refractivity contribution in [1.82, 2.24) is 15.5 Å². The number of carbonyl (C=O) groups is 7. The summed E-state index contributed by atoms with van der Waals surface area (Å²) in [5.74, 6) is -5.16. The molecule has 0 spiro atoms. The van der Waals surface area contributed by atoms with Gasteiger partial charge in [0.15, 0.2) is 0 Å². The first-order chi connectivity index (χ1) is 41.8. The fourth-order valence-corrected chi connectivity index (χ4v) is 9.68. The molecule has 0 aliphatic rings. The molecule has 0 heterocycles. The van der Waals surface area contributed by atoms with E-state index >= 15 is 0 Å². The molecule has 86 heavy (non-hydrogen) atoms. The second-order valence-corrected chi connectivity index (χ2v) is 21.7. The molecule has 6 aromatic carbocycles. The minimum atomic E-state index is -1.55. The monoisotopic (exact) mass is 1170 g/mol. The van der Waals surface area contributed by atoms with Gasteiger partial charge in [-0.15, -0.1) is 0 Å². The molecular formula is C71H89N5O10. The van der Waals surface area contributed by atoms with Gasteiger partial charge in [0.2, 0.25) is 0 Å². The molecule has 15 heteroatoms. The van der Waals surface area contributed by atoms with E-state index in [1.807, 2.05) is 36.4 Å². The lowest BCUT2D eigenvalue weighted by atomic mass is 10.1. The fraction of sp³-hybridized carbons (Fsp3) is 0.394. The van der Waals surface area contributed by atoms with Crippen LogP contribution >= 0.6 is 0 Å². The van der Waals surface area contributed by atoms with Crippen LogP contribution in [0.3, 0.4) is 0 Å². The molecule has 0 aromatic heterocycles. The molecule has 0 aliphatic carbocycles. The lowest BCUT2D eigenvalue weighted by Crippen LogP contribution is -2.36. The maximum atomic E-state index is 12.6. The van der Waals surface area contributed by atoms with Crippen LogP contribution in [-0.4, -0.2) is 69.7 Å². The first-order valence-electron chi connectivity index (χ1n) is 30.9. The van der Waals surface area contributed by atoms with Crippen molar-refractivity contribution in [3.05, 3.63) is 197 Å². The largest absolute Gasteiger partial charge is 0.489 e. The van der Waals surface area contributed by atoms with Gasteiger partial charge in [0.05, 0.1) is 6.54 Å². The smallest absolute Gasteiger partial charge is 0.394 e. The van der Waals surface area contributed by atoms with Gasteiger partial charge in [-0.1, -0.05) is 220 Å². The molecule has 6 aromatic rings. The SMILES string of the molecule is CCCCCCCCCCCCNC(=O)c1ccc(CN(C(=O)C(=O)O)c2cccc(OCc3ccccc3)c2)cc1.CCCCCCCCCCCCNC(=O)c1ccc(CN(Cc2ccc(NC(=O)c3ccccc3)cc2)C(=O)C(=O)O)cc1. The summed E-state index contributed by atoms with van der Waals surface area (Å²) in [5, 5.41) is 27.6. The number of carbonyl (C=O) groups excluding carboxylic acids is 5. The summed E-state index contributed by atoms with van der Waals surface area (Å²) in [6, 6.07) is 46.0. The van der Waals surface area contributed by atoms with Gasteiger partial charge in [0.25, 0.3) is 17.7 Å². The lowest BCUT2D eigenvalue weighted by molar-refractivity contribution is -0.156. The van der Waals surface area contributed by atoms with Crippen molar-refractivity contribution in [2.75, 3.05) is 23.3 Å². The predicted molar refractivity (Wildman–Crippen MR) is 340 cm³/mol. The van der Waals surface area contributed by atoms with Crippen molar-refractivity contribution in [3.8, 4) is 5.75 Å². The predicted octanol–water partition coefficient (Wildman–Crippen LogP) is 14.7. The Morgan fingerprint density at radius 2 is 0.802 bits per heavy atom. The summed E-state index contributed by atoms with van der Waals surface area (Å²) in [5.41, 5.74) is 5.68. The second-order valence-electron chi connectivity index (χ2n) is 21.7. The second kappa shape index (κ2) is 39.9. The quantitative estimate of drug-likeness (QED) is 0.0185. The number of rotatable bonds is 36. The van der Waals surface area contributed by atoms with E-state index in [1.165, 1.54) is 113 Å². The zero-order valence-corrected chi connectivity index (χ0v) is 50.5. The third-order valence-corrected chi connectivity index (χ3v) is 14.7. The minimum Gasteiger partial charge on any atom is -0.489 e. The number of anilines is 2. The normalized spacial score (nSPS) is 10.7. The summed E-state index contributed by atoms with van der Waals surface area (Å²) in [4.78, 5) is 88.2. The highest BCUT2D eigenvalue weighted by atomic mass is 16.5. The molecule has 0 fully saturated rings. The van der Waals surface area contributed by atoms with Gasteiger partial charge in [-0.3, -0.25) is 28.9 Å². The Hall–Kier alpha value is -8.59. The van der Waals surface area contributed by atoms with Gasteiger partial charge in [-0.25, -0.2) is 9.59 Å². The highest BCUT2D eigenvalue weighted by Crippen LogP contribution is 2.25. The maximum Gasteiger partial charge on any atom is 0.394 e.